The lowest BCUT2D eigenvalue weighted by atomic mass is 9.82. The van der Waals surface area contributed by atoms with Crippen LogP contribution in [0.3, 0.4) is 0 Å². The molecule has 0 heterocycles. The van der Waals surface area contributed by atoms with Gasteiger partial charge in [0.05, 0.1) is 6.10 Å². The molecular formula is C16H22F2O2. The molecule has 112 valence electrons. The van der Waals surface area contributed by atoms with Crippen LogP contribution in [0.15, 0.2) is 18.2 Å². The molecule has 0 radical (unpaired) electrons. The number of rotatable bonds is 5. The molecule has 1 aliphatic carbocycles. The van der Waals surface area contributed by atoms with Gasteiger partial charge >= 0.3 is 0 Å². The van der Waals surface area contributed by atoms with E-state index >= 15 is 0 Å². The Morgan fingerprint density at radius 1 is 1.20 bits per heavy atom. The fraction of sp³-hybridized carbons (Fsp3) is 0.625. The van der Waals surface area contributed by atoms with Gasteiger partial charge in [-0.05, 0) is 43.4 Å². The molecule has 0 aliphatic heterocycles. The Balaban J connectivity index is 2.16. The summed E-state index contributed by atoms with van der Waals surface area (Å²) in [7, 11) is 0. The number of aliphatic hydroxyl groups is 1. The third kappa shape index (κ3) is 3.55. The molecule has 0 bridgehead atoms. The lowest BCUT2D eigenvalue weighted by molar-refractivity contribution is -0.0740. The van der Waals surface area contributed by atoms with E-state index in [1.54, 1.807) is 0 Å². The number of ether oxygens (including phenoxy) is 1. The van der Waals surface area contributed by atoms with Gasteiger partial charge in [-0.15, -0.1) is 0 Å². The van der Waals surface area contributed by atoms with E-state index < -0.39 is 17.7 Å². The van der Waals surface area contributed by atoms with Crippen LogP contribution >= 0.6 is 0 Å². The first-order chi connectivity index (χ1) is 9.63. The molecular weight excluding hydrogens is 262 g/mol. The second-order valence-corrected chi connectivity index (χ2v) is 5.44. The van der Waals surface area contributed by atoms with Gasteiger partial charge in [0.15, 0.2) is 11.6 Å². The number of halogens is 2. The van der Waals surface area contributed by atoms with E-state index in [1.807, 2.05) is 6.92 Å². The molecule has 1 aromatic rings. The normalized spacial score (nSPS) is 19.8. The van der Waals surface area contributed by atoms with Crippen molar-refractivity contribution in [2.75, 3.05) is 6.61 Å². The highest BCUT2D eigenvalue weighted by atomic mass is 19.2. The summed E-state index contributed by atoms with van der Waals surface area (Å²) in [5.74, 6) is -1.54. The van der Waals surface area contributed by atoms with E-state index in [0.717, 1.165) is 37.8 Å². The first-order valence-electron chi connectivity index (χ1n) is 7.38. The van der Waals surface area contributed by atoms with E-state index in [1.165, 1.54) is 12.5 Å². The fourth-order valence-electron chi connectivity index (χ4n) is 3.03. The largest absolute Gasteiger partial charge is 0.386 e. The highest BCUT2D eigenvalue weighted by Crippen LogP contribution is 2.34. The van der Waals surface area contributed by atoms with Crippen molar-refractivity contribution in [3.05, 3.63) is 35.4 Å². The molecule has 2 atom stereocenters. The Morgan fingerprint density at radius 2 is 1.90 bits per heavy atom. The van der Waals surface area contributed by atoms with Crippen LogP contribution in [0, 0.1) is 17.6 Å². The van der Waals surface area contributed by atoms with E-state index in [4.69, 9.17) is 4.74 Å². The molecule has 1 saturated carbocycles. The molecule has 1 fully saturated rings. The zero-order valence-corrected chi connectivity index (χ0v) is 11.8. The molecule has 2 unspecified atom stereocenters. The minimum absolute atomic E-state index is 0.284. The Labute approximate surface area is 118 Å². The maximum absolute atomic E-state index is 13.3. The first kappa shape index (κ1) is 15.4. The summed E-state index contributed by atoms with van der Waals surface area (Å²) in [6.07, 6.45) is 4.28. The minimum Gasteiger partial charge on any atom is -0.386 e. The maximum Gasteiger partial charge on any atom is 0.159 e. The van der Waals surface area contributed by atoms with Gasteiger partial charge in [-0.2, -0.15) is 0 Å². The summed E-state index contributed by atoms with van der Waals surface area (Å²) < 4.78 is 32.0. The van der Waals surface area contributed by atoms with Crippen LogP contribution in [0.1, 0.15) is 50.7 Å². The SMILES string of the molecule is CCOC(C1CCCCC1)C(O)c1ccc(F)c(F)c1. The van der Waals surface area contributed by atoms with Gasteiger partial charge in [0.2, 0.25) is 0 Å². The molecule has 1 aliphatic rings. The van der Waals surface area contributed by atoms with Crippen molar-refractivity contribution in [2.45, 2.75) is 51.2 Å². The van der Waals surface area contributed by atoms with Crippen molar-refractivity contribution in [1.82, 2.24) is 0 Å². The van der Waals surface area contributed by atoms with Gasteiger partial charge in [0.1, 0.15) is 6.10 Å². The van der Waals surface area contributed by atoms with E-state index in [-0.39, 0.29) is 12.0 Å². The first-order valence-corrected chi connectivity index (χ1v) is 7.38. The van der Waals surface area contributed by atoms with Crippen molar-refractivity contribution >= 4 is 0 Å². The lowest BCUT2D eigenvalue weighted by Crippen LogP contribution is -2.32. The van der Waals surface area contributed by atoms with E-state index in [2.05, 4.69) is 0 Å². The van der Waals surface area contributed by atoms with Crippen molar-refractivity contribution in [3.63, 3.8) is 0 Å². The van der Waals surface area contributed by atoms with Gasteiger partial charge in [-0.1, -0.05) is 25.3 Å². The van der Waals surface area contributed by atoms with Crippen LogP contribution in [0.4, 0.5) is 8.78 Å². The average Bonchev–Trinajstić information content (AvgIpc) is 2.48. The quantitative estimate of drug-likeness (QED) is 0.886. The molecule has 20 heavy (non-hydrogen) atoms. The Hall–Kier alpha value is -1.00. The second kappa shape index (κ2) is 7.14. The summed E-state index contributed by atoms with van der Waals surface area (Å²) in [6.45, 7) is 2.38. The molecule has 0 aromatic heterocycles. The van der Waals surface area contributed by atoms with Crippen LogP contribution in [0.2, 0.25) is 0 Å². The van der Waals surface area contributed by atoms with Crippen LogP contribution < -0.4 is 0 Å². The van der Waals surface area contributed by atoms with Crippen molar-refractivity contribution in [2.24, 2.45) is 5.92 Å². The standard InChI is InChI=1S/C16H22F2O2/c1-2-20-16(11-6-4-3-5-7-11)15(19)12-8-9-13(17)14(18)10-12/h8-11,15-16,19H,2-7H2,1H3. The summed E-state index contributed by atoms with van der Waals surface area (Å²) in [5.41, 5.74) is 0.382. The Kier molecular flexibility index (Phi) is 5.49. The number of hydrogen-bond acceptors (Lipinski definition) is 2. The highest BCUT2D eigenvalue weighted by Gasteiger charge is 2.31. The molecule has 1 N–H and O–H groups in total. The number of benzene rings is 1. The van der Waals surface area contributed by atoms with E-state index in [0.29, 0.717) is 12.2 Å². The molecule has 0 saturated heterocycles. The monoisotopic (exact) mass is 284 g/mol. The van der Waals surface area contributed by atoms with Crippen LogP contribution in [0.5, 0.6) is 0 Å². The van der Waals surface area contributed by atoms with Crippen LogP contribution in [-0.4, -0.2) is 17.8 Å². The smallest absolute Gasteiger partial charge is 0.159 e. The van der Waals surface area contributed by atoms with Crippen molar-refractivity contribution in [1.29, 1.82) is 0 Å². The topological polar surface area (TPSA) is 29.5 Å². The highest BCUT2D eigenvalue weighted by molar-refractivity contribution is 5.21. The van der Waals surface area contributed by atoms with Gasteiger partial charge in [-0.3, -0.25) is 0 Å². The molecule has 0 amide bonds. The zero-order valence-electron chi connectivity index (χ0n) is 11.8. The summed E-state index contributed by atoms with van der Waals surface area (Å²) in [6, 6.07) is 3.55. The van der Waals surface area contributed by atoms with Crippen LogP contribution in [-0.2, 0) is 4.74 Å². The summed E-state index contributed by atoms with van der Waals surface area (Å²) in [5, 5.41) is 10.5. The molecule has 4 heteroatoms. The molecule has 2 rings (SSSR count). The van der Waals surface area contributed by atoms with Gasteiger partial charge < -0.3 is 9.84 Å². The predicted octanol–water partition coefficient (Wildman–Crippen LogP) is 3.98. The third-order valence-corrected chi connectivity index (χ3v) is 4.07. The average molecular weight is 284 g/mol. The Bertz CT molecular complexity index is 430. The van der Waals surface area contributed by atoms with E-state index in [9.17, 15) is 13.9 Å². The summed E-state index contributed by atoms with van der Waals surface area (Å²) >= 11 is 0. The Morgan fingerprint density at radius 3 is 2.50 bits per heavy atom. The van der Waals surface area contributed by atoms with Gasteiger partial charge in [0.25, 0.3) is 0 Å². The van der Waals surface area contributed by atoms with Crippen LogP contribution in [0.25, 0.3) is 0 Å². The third-order valence-electron chi connectivity index (χ3n) is 4.07. The molecule has 0 spiro atoms. The maximum atomic E-state index is 13.3. The minimum atomic E-state index is -0.930. The predicted molar refractivity (Wildman–Crippen MR) is 73.3 cm³/mol. The van der Waals surface area contributed by atoms with Gasteiger partial charge in [0, 0.05) is 6.61 Å². The number of aliphatic hydroxyl groups excluding tert-OH is 1. The fourth-order valence-corrected chi connectivity index (χ4v) is 3.03. The summed E-state index contributed by atoms with van der Waals surface area (Å²) in [4.78, 5) is 0. The zero-order chi connectivity index (χ0) is 14.5. The van der Waals surface area contributed by atoms with Gasteiger partial charge in [-0.25, -0.2) is 8.78 Å². The van der Waals surface area contributed by atoms with Crippen molar-refractivity contribution < 1.29 is 18.6 Å². The number of hydrogen-bond donors (Lipinski definition) is 1. The second-order valence-electron chi connectivity index (χ2n) is 5.44. The van der Waals surface area contributed by atoms with Crippen molar-refractivity contribution in [3.8, 4) is 0 Å². The molecule has 2 nitrogen and oxygen atoms in total. The molecule has 1 aromatic carbocycles. The lowest BCUT2D eigenvalue weighted by Gasteiger charge is -2.33.